The fourth-order valence-electron chi connectivity index (χ4n) is 6.31. The van der Waals surface area contributed by atoms with Crippen molar-refractivity contribution in [1.82, 2.24) is 20.0 Å². The molecule has 7 nitrogen and oxygen atoms in total. The first-order valence-corrected chi connectivity index (χ1v) is 12.1. The summed E-state index contributed by atoms with van der Waals surface area (Å²) in [7, 11) is 2.12. The van der Waals surface area contributed by atoms with Crippen molar-refractivity contribution in [3.8, 4) is 11.5 Å². The van der Waals surface area contributed by atoms with Crippen LogP contribution in [0.1, 0.15) is 72.1 Å². The molecule has 4 fully saturated rings. The van der Waals surface area contributed by atoms with Gasteiger partial charge in [-0.15, -0.1) is 0 Å². The summed E-state index contributed by atoms with van der Waals surface area (Å²) in [4.78, 5) is 15.3. The van der Waals surface area contributed by atoms with Gasteiger partial charge >= 0.3 is 0 Å². The van der Waals surface area contributed by atoms with Crippen LogP contribution < -0.4 is 14.8 Å². The molecular formula is C25H32N4O3. The van der Waals surface area contributed by atoms with Crippen molar-refractivity contribution >= 4 is 5.91 Å². The van der Waals surface area contributed by atoms with E-state index in [-0.39, 0.29) is 12.7 Å². The summed E-state index contributed by atoms with van der Waals surface area (Å²) >= 11 is 0. The number of benzene rings is 1. The molecule has 1 aliphatic carbocycles. The fourth-order valence-corrected chi connectivity index (χ4v) is 6.31. The molecular weight excluding hydrogens is 404 g/mol. The second kappa shape index (κ2) is 8.10. The number of aromatic nitrogens is 2. The highest BCUT2D eigenvalue weighted by Crippen LogP contribution is 2.43. The van der Waals surface area contributed by atoms with Gasteiger partial charge in [-0.1, -0.05) is 12.8 Å². The molecule has 1 N–H and O–H groups in total. The lowest BCUT2D eigenvalue weighted by Gasteiger charge is -2.50. The van der Waals surface area contributed by atoms with Crippen molar-refractivity contribution in [2.75, 3.05) is 26.4 Å². The average Bonchev–Trinajstić information content (AvgIpc) is 3.57. The molecule has 0 spiro atoms. The lowest BCUT2D eigenvalue weighted by atomic mass is 9.74. The minimum absolute atomic E-state index is 0.0460. The lowest BCUT2D eigenvalue weighted by molar-refractivity contribution is 0.0280. The molecule has 2 aromatic rings. The quantitative estimate of drug-likeness (QED) is 0.778. The van der Waals surface area contributed by atoms with Crippen LogP contribution in [0.2, 0.25) is 0 Å². The summed E-state index contributed by atoms with van der Waals surface area (Å²) in [5.74, 6) is 3.19. The zero-order valence-corrected chi connectivity index (χ0v) is 18.8. The Balaban J connectivity index is 1.09. The fraction of sp³-hybridized carbons (Fsp3) is 0.600. The average molecular weight is 437 g/mol. The maximum absolute atomic E-state index is 12.7. The van der Waals surface area contributed by atoms with E-state index in [4.69, 9.17) is 14.6 Å². The molecule has 3 saturated heterocycles. The van der Waals surface area contributed by atoms with Crippen molar-refractivity contribution in [2.24, 2.45) is 13.0 Å². The maximum Gasteiger partial charge on any atom is 0.251 e. The van der Waals surface area contributed by atoms with Crippen molar-refractivity contribution in [3.63, 3.8) is 0 Å². The Morgan fingerprint density at radius 3 is 2.81 bits per heavy atom. The molecule has 7 rings (SSSR count). The topological polar surface area (TPSA) is 68.6 Å². The van der Waals surface area contributed by atoms with E-state index in [2.05, 4.69) is 28.0 Å². The number of piperidine rings is 3. The van der Waals surface area contributed by atoms with Gasteiger partial charge in [0, 0.05) is 49.3 Å². The minimum Gasteiger partial charge on any atom is -0.454 e. The summed E-state index contributed by atoms with van der Waals surface area (Å²) in [6.45, 7) is 3.10. The number of hydrogen-bond donors (Lipinski definition) is 1. The number of amides is 1. The van der Waals surface area contributed by atoms with Crippen LogP contribution in [0.4, 0.5) is 0 Å². The number of carbonyl (C=O) groups is 1. The highest BCUT2D eigenvalue weighted by atomic mass is 16.7. The molecule has 32 heavy (non-hydrogen) atoms. The third-order valence-electron chi connectivity index (χ3n) is 8.10. The molecule has 1 aromatic heterocycles. The van der Waals surface area contributed by atoms with Gasteiger partial charge in [-0.3, -0.25) is 14.4 Å². The highest BCUT2D eigenvalue weighted by Gasteiger charge is 2.42. The van der Waals surface area contributed by atoms with Crippen LogP contribution in [-0.2, 0) is 7.05 Å². The second-order valence-electron chi connectivity index (χ2n) is 9.92. The smallest absolute Gasteiger partial charge is 0.251 e. The Hall–Kier alpha value is -2.54. The van der Waals surface area contributed by atoms with E-state index >= 15 is 0 Å². The van der Waals surface area contributed by atoms with Gasteiger partial charge in [-0.05, 0) is 62.4 Å². The van der Waals surface area contributed by atoms with Gasteiger partial charge in [0.2, 0.25) is 6.79 Å². The maximum atomic E-state index is 12.7. The number of nitrogens with one attached hydrogen (secondary N) is 1. The molecule has 1 aromatic carbocycles. The van der Waals surface area contributed by atoms with E-state index in [1.165, 1.54) is 43.5 Å². The SMILES string of the molecule is Cn1nc(C2CCCC2)cc1[C@@H]1CN2CC[C@H]1C[C@@H]2CNC(=O)c1ccc2c(c1)OCO2. The van der Waals surface area contributed by atoms with Crippen LogP contribution in [0.25, 0.3) is 0 Å². The van der Waals surface area contributed by atoms with Crippen molar-refractivity contribution in [3.05, 3.63) is 41.2 Å². The molecule has 1 saturated carbocycles. The first-order chi connectivity index (χ1) is 15.7. The first-order valence-electron chi connectivity index (χ1n) is 12.1. The summed E-state index contributed by atoms with van der Waals surface area (Å²) in [6, 6.07) is 8.19. The molecule has 1 unspecified atom stereocenters. The second-order valence-corrected chi connectivity index (χ2v) is 9.92. The Morgan fingerprint density at radius 1 is 1.16 bits per heavy atom. The zero-order chi connectivity index (χ0) is 21.7. The van der Waals surface area contributed by atoms with E-state index in [0.717, 1.165) is 19.5 Å². The number of fused-ring (bicyclic) bond motifs is 4. The van der Waals surface area contributed by atoms with E-state index in [1.807, 2.05) is 6.07 Å². The number of ether oxygens (including phenoxy) is 2. The van der Waals surface area contributed by atoms with E-state index in [9.17, 15) is 4.79 Å². The third kappa shape index (κ3) is 3.56. The molecule has 5 heterocycles. The summed E-state index contributed by atoms with van der Waals surface area (Å²) in [5.41, 5.74) is 3.34. The number of hydrogen-bond acceptors (Lipinski definition) is 5. The first kappa shape index (κ1) is 20.1. The van der Waals surface area contributed by atoms with Crippen LogP contribution in [0.3, 0.4) is 0 Å². The number of aryl methyl sites for hydroxylation is 1. The Labute approximate surface area is 189 Å². The summed E-state index contributed by atoms with van der Waals surface area (Å²) in [6.07, 6.45) is 7.65. The van der Waals surface area contributed by atoms with Gasteiger partial charge in [0.25, 0.3) is 5.91 Å². The Bertz CT molecular complexity index is 1010. The van der Waals surface area contributed by atoms with E-state index < -0.39 is 0 Å². The number of rotatable bonds is 5. The van der Waals surface area contributed by atoms with Gasteiger partial charge < -0.3 is 14.8 Å². The van der Waals surface area contributed by atoms with E-state index in [0.29, 0.717) is 47.4 Å². The monoisotopic (exact) mass is 436 g/mol. The van der Waals surface area contributed by atoms with Crippen LogP contribution >= 0.6 is 0 Å². The van der Waals surface area contributed by atoms with Crippen LogP contribution in [-0.4, -0.2) is 53.1 Å². The Morgan fingerprint density at radius 2 is 2.00 bits per heavy atom. The number of nitrogens with zero attached hydrogens (tertiary/aromatic N) is 3. The molecule has 1 amide bonds. The van der Waals surface area contributed by atoms with Gasteiger partial charge in [-0.2, -0.15) is 5.10 Å². The van der Waals surface area contributed by atoms with Crippen molar-refractivity contribution in [1.29, 1.82) is 0 Å². The summed E-state index contributed by atoms with van der Waals surface area (Å²) in [5, 5.41) is 8.07. The predicted molar refractivity (Wildman–Crippen MR) is 120 cm³/mol. The molecule has 170 valence electrons. The molecule has 4 aliphatic heterocycles. The van der Waals surface area contributed by atoms with E-state index in [1.54, 1.807) is 12.1 Å². The zero-order valence-electron chi connectivity index (χ0n) is 18.8. The molecule has 0 radical (unpaired) electrons. The standard InChI is InChI=1S/C25H32N4O3/c1-28-22(12-21(27-28)16-4-2-3-5-16)20-14-29-9-8-17(20)10-19(29)13-26-25(30)18-6-7-23-24(11-18)32-15-31-23/h6-7,11-12,16-17,19-20H,2-5,8-10,13-15H2,1H3,(H,26,30)/t17-,19+,20+/m0/s1. The van der Waals surface area contributed by atoms with Crippen molar-refractivity contribution in [2.45, 2.75) is 56.4 Å². The highest BCUT2D eigenvalue weighted by molar-refractivity contribution is 5.94. The Kier molecular flexibility index (Phi) is 5.09. The third-order valence-corrected chi connectivity index (χ3v) is 8.10. The predicted octanol–water partition coefficient (Wildman–Crippen LogP) is 3.41. The van der Waals surface area contributed by atoms with Gasteiger partial charge in [-0.25, -0.2) is 0 Å². The van der Waals surface area contributed by atoms with Crippen LogP contribution in [0.5, 0.6) is 11.5 Å². The van der Waals surface area contributed by atoms with Crippen molar-refractivity contribution < 1.29 is 14.3 Å². The van der Waals surface area contributed by atoms with Gasteiger partial charge in [0.15, 0.2) is 11.5 Å². The molecule has 7 heteroatoms. The molecule has 4 atom stereocenters. The molecule has 2 bridgehead atoms. The summed E-state index contributed by atoms with van der Waals surface area (Å²) < 4.78 is 12.9. The molecule has 5 aliphatic rings. The van der Waals surface area contributed by atoms with Gasteiger partial charge in [0.1, 0.15) is 0 Å². The number of carbonyl (C=O) groups excluding carboxylic acids is 1. The largest absolute Gasteiger partial charge is 0.454 e. The van der Waals surface area contributed by atoms with Crippen LogP contribution in [0, 0.1) is 5.92 Å². The van der Waals surface area contributed by atoms with Gasteiger partial charge in [0.05, 0.1) is 5.69 Å². The lowest BCUT2D eigenvalue weighted by Crippen LogP contribution is -2.56. The minimum atomic E-state index is -0.0460. The normalized spacial score (nSPS) is 28.9. The van der Waals surface area contributed by atoms with Crippen LogP contribution in [0.15, 0.2) is 24.3 Å².